The van der Waals surface area contributed by atoms with Crippen LogP contribution < -0.4 is 0 Å². The minimum atomic E-state index is 0.833. The van der Waals surface area contributed by atoms with Crippen molar-refractivity contribution in [2.75, 3.05) is 26.2 Å². The van der Waals surface area contributed by atoms with Crippen molar-refractivity contribution < 1.29 is 4.48 Å². The van der Waals surface area contributed by atoms with Gasteiger partial charge in [0.15, 0.2) is 0 Å². The Morgan fingerprint density at radius 3 is 1.36 bits per heavy atom. The van der Waals surface area contributed by atoms with Crippen LogP contribution in [0.1, 0.15) is 53.9 Å². The van der Waals surface area contributed by atoms with E-state index in [9.17, 15) is 0 Å². The number of quaternary nitrogens is 1. The van der Waals surface area contributed by atoms with Crippen LogP contribution in [0.4, 0.5) is 0 Å². The largest absolute Gasteiger partial charge is 0.323 e. The molecular formula is C13H30N+. The molecule has 0 aromatic heterocycles. The third-order valence-corrected chi connectivity index (χ3v) is 2.85. The van der Waals surface area contributed by atoms with Gasteiger partial charge in [0.2, 0.25) is 0 Å². The molecular weight excluding hydrogens is 170 g/mol. The minimum absolute atomic E-state index is 0.833. The SMILES string of the molecule is CCC[N+](CCC)(CCC)CC(C)C. The van der Waals surface area contributed by atoms with E-state index in [1.54, 1.807) is 0 Å². The maximum Gasteiger partial charge on any atom is 0.0809 e. The zero-order valence-electron chi connectivity index (χ0n) is 11.0. The Balaban J connectivity index is 4.37. The summed E-state index contributed by atoms with van der Waals surface area (Å²) in [7, 11) is 0. The molecule has 0 bridgehead atoms. The molecule has 0 aliphatic rings. The van der Waals surface area contributed by atoms with E-state index in [0.29, 0.717) is 0 Å². The molecule has 0 aromatic rings. The molecule has 0 radical (unpaired) electrons. The number of rotatable bonds is 8. The second-order valence-corrected chi connectivity index (χ2v) is 5.09. The Morgan fingerprint density at radius 2 is 1.14 bits per heavy atom. The molecule has 0 aromatic carbocycles. The zero-order valence-corrected chi connectivity index (χ0v) is 11.0. The molecule has 0 spiro atoms. The fourth-order valence-electron chi connectivity index (χ4n) is 2.81. The Bertz CT molecular complexity index is 112. The molecule has 0 atom stereocenters. The Labute approximate surface area is 91.1 Å². The lowest BCUT2D eigenvalue weighted by Gasteiger charge is -2.40. The first-order valence-electron chi connectivity index (χ1n) is 6.45. The van der Waals surface area contributed by atoms with E-state index in [4.69, 9.17) is 0 Å². The van der Waals surface area contributed by atoms with Gasteiger partial charge in [-0.05, 0) is 19.3 Å². The normalized spacial score (nSPS) is 12.4. The third kappa shape index (κ3) is 4.99. The summed E-state index contributed by atoms with van der Waals surface area (Å²) in [6, 6.07) is 0. The van der Waals surface area contributed by atoms with Crippen LogP contribution in [-0.4, -0.2) is 30.7 Å². The van der Waals surface area contributed by atoms with Crippen LogP contribution >= 0.6 is 0 Å². The molecule has 86 valence electrons. The van der Waals surface area contributed by atoms with Crippen molar-refractivity contribution in [3.05, 3.63) is 0 Å². The van der Waals surface area contributed by atoms with Crippen molar-refractivity contribution in [1.29, 1.82) is 0 Å². The van der Waals surface area contributed by atoms with Gasteiger partial charge in [-0.25, -0.2) is 0 Å². The highest BCUT2D eigenvalue weighted by atomic mass is 15.3. The third-order valence-electron chi connectivity index (χ3n) is 2.85. The molecule has 0 saturated carbocycles. The maximum absolute atomic E-state index is 2.36. The molecule has 0 aliphatic carbocycles. The van der Waals surface area contributed by atoms with Gasteiger partial charge < -0.3 is 4.48 Å². The summed E-state index contributed by atoms with van der Waals surface area (Å²) in [6.07, 6.45) is 3.98. The highest BCUT2D eigenvalue weighted by molar-refractivity contribution is 4.48. The van der Waals surface area contributed by atoms with Crippen molar-refractivity contribution >= 4 is 0 Å². The van der Waals surface area contributed by atoms with E-state index >= 15 is 0 Å². The summed E-state index contributed by atoms with van der Waals surface area (Å²) >= 11 is 0. The predicted octanol–water partition coefficient (Wildman–Crippen LogP) is 3.69. The van der Waals surface area contributed by atoms with Gasteiger partial charge in [-0.15, -0.1) is 0 Å². The average Bonchev–Trinajstić information content (AvgIpc) is 2.03. The van der Waals surface area contributed by atoms with Gasteiger partial charge in [-0.3, -0.25) is 0 Å². The average molecular weight is 200 g/mol. The van der Waals surface area contributed by atoms with Crippen LogP contribution in [0.5, 0.6) is 0 Å². The molecule has 1 heteroatoms. The van der Waals surface area contributed by atoms with E-state index in [2.05, 4.69) is 34.6 Å². The van der Waals surface area contributed by atoms with E-state index in [0.717, 1.165) is 5.92 Å². The molecule has 0 saturated heterocycles. The summed E-state index contributed by atoms with van der Waals surface area (Å²) in [6.45, 7) is 17.2. The monoisotopic (exact) mass is 200 g/mol. The Hall–Kier alpha value is -0.0400. The molecule has 0 N–H and O–H groups in total. The first-order valence-corrected chi connectivity index (χ1v) is 6.45. The Morgan fingerprint density at radius 1 is 0.786 bits per heavy atom. The van der Waals surface area contributed by atoms with Crippen LogP contribution in [0.2, 0.25) is 0 Å². The first-order chi connectivity index (χ1) is 6.60. The van der Waals surface area contributed by atoms with Crippen LogP contribution in [0, 0.1) is 5.92 Å². The highest BCUT2D eigenvalue weighted by Gasteiger charge is 2.25. The number of nitrogens with zero attached hydrogens (tertiary/aromatic N) is 1. The van der Waals surface area contributed by atoms with E-state index in [-0.39, 0.29) is 0 Å². The fourth-order valence-corrected chi connectivity index (χ4v) is 2.81. The maximum atomic E-state index is 2.36. The van der Waals surface area contributed by atoms with Gasteiger partial charge in [0.1, 0.15) is 0 Å². The second kappa shape index (κ2) is 7.28. The minimum Gasteiger partial charge on any atom is -0.323 e. The van der Waals surface area contributed by atoms with Crippen molar-refractivity contribution in [3.63, 3.8) is 0 Å². The summed E-state index contributed by atoms with van der Waals surface area (Å²) < 4.78 is 1.36. The topological polar surface area (TPSA) is 0 Å². The summed E-state index contributed by atoms with van der Waals surface area (Å²) in [5, 5.41) is 0. The van der Waals surface area contributed by atoms with Crippen molar-refractivity contribution in [2.45, 2.75) is 53.9 Å². The van der Waals surface area contributed by atoms with E-state index in [1.807, 2.05) is 0 Å². The lowest BCUT2D eigenvalue weighted by atomic mass is 10.1. The predicted molar refractivity (Wildman–Crippen MR) is 65.4 cm³/mol. The molecule has 0 rings (SSSR count). The summed E-state index contributed by atoms with van der Waals surface area (Å²) in [4.78, 5) is 0. The summed E-state index contributed by atoms with van der Waals surface area (Å²) in [5.41, 5.74) is 0. The van der Waals surface area contributed by atoms with Gasteiger partial charge in [0.25, 0.3) is 0 Å². The van der Waals surface area contributed by atoms with E-state index in [1.165, 1.54) is 49.9 Å². The standard InChI is InChI=1S/C13H30N/c1-6-9-14(10-7-2,11-8-3)12-13(4)5/h13H,6-12H2,1-5H3/q+1. The zero-order chi connectivity index (χ0) is 11.0. The van der Waals surface area contributed by atoms with Gasteiger partial charge in [0, 0.05) is 5.92 Å². The van der Waals surface area contributed by atoms with Crippen LogP contribution in [0.3, 0.4) is 0 Å². The molecule has 0 amide bonds. The molecule has 14 heavy (non-hydrogen) atoms. The number of hydrogen-bond donors (Lipinski definition) is 0. The van der Waals surface area contributed by atoms with Crippen LogP contribution in [-0.2, 0) is 0 Å². The Kier molecular flexibility index (Phi) is 7.26. The second-order valence-electron chi connectivity index (χ2n) is 5.09. The van der Waals surface area contributed by atoms with Crippen molar-refractivity contribution in [1.82, 2.24) is 0 Å². The first kappa shape index (κ1) is 14.0. The van der Waals surface area contributed by atoms with Gasteiger partial charge in [0.05, 0.1) is 26.2 Å². The van der Waals surface area contributed by atoms with Crippen molar-refractivity contribution in [3.8, 4) is 0 Å². The van der Waals surface area contributed by atoms with Crippen LogP contribution in [0.15, 0.2) is 0 Å². The highest BCUT2D eigenvalue weighted by Crippen LogP contribution is 2.15. The smallest absolute Gasteiger partial charge is 0.0809 e. The lowest BCUT2D eigenvalue weighted by Crippen LogP contribution is -2.51. The quantitative estimate of drug-likeness (QED) is 0.524. The molecule has 0 unspecified atom stereocenters. The van der Waals surface area contributed by atoms with Crippen LogP contribution in [0.25, 0.3) is 0 Å². The van der Waals surface area contributed by atoms with E-state index < -0.39 is 0 Å². The molecule has 0 heterocycles. The van der Waals surface area contributed by atoms with Gasteiger partial charge >= 0.3 is 0 Å². The molecule has 0 fully saturated rings. The molecule has 1 nitrogen and oxygen atoms in total. The number of hydrogen-bond acceptors (Lipinski definition) is 0. The molecule has 0 aliphatic heterocycles. The van der Waals surface area contributed by atoms with Gasteiger partial charge in [-0.1, -0.05) is 34.6 Å². The fraction of sp³-hybridized carbons (Fsp3) is 1.00. The van der Waals surface area contributed by atoms with Crippen molar-refractivity contribution in [2.24, 2.45) is 5.92 Å². The summed E-state index contributed by atoms with van der Waals surface area (Å²) in [5.74, 6) is 0.833. The lowest BCUT2D eigenvalue weighted by molar-refractivity contribution is -0.931. The van der Waals surface area contributed by atoms with Gasteiger partial charge in [-0.2, -0.15) is 0 Å².